The van der Waals surface area contributed by atoms with Crippen molar-refractivity contribution in [3.63, 3.8) is 0 Å². The lowest BCUT2D eigenvalue weighted by Gasteiger charge is -2.11. The van der Waals surface area contributed by atoms with E-state index in [-0.39, 0.29) is 12.2 Å². The molecule has 0 bridgehead atoms. The second-order valence-corrected chi connectivity index (χ2v) is 5.90. The molecule has 0 atom stereocenters. The molecule has 128 valence electrons. The minimum Gasteiger partial charge on any atom is -0.493 e. The summed E-state index contributed by atoms with van der Waals surface area (Å²) in [7, 11) is 1.52. The topological polar surface area (TPSA) is 104 Å². The summed E-state index contributed by atoms with van der Waals surface area (Å²) in [4.78, 5) is 10.8. The fourth-order valence-corrected chi connectivity index (χ4v) is 2.71. The zero-order valence-electron chi connectivity index (χ0n) is 13.2. The molecule has 0 aliphatic rings. The van der Waals surface area contributed by atoms with Crippen LogP contribution in [0.2, 0.25) is 0 Å². The van der Waals surface area contributed by atoms with Crippen LogP contribution in [0.3, 0.4) is 0 Å². The summed E-state index contributed by atoms with van der Waals surface area (Å²) in [5.41, 5.74) is 4.48. The van der Waals surface area contributed by atoms with Gasteiger partial charge in [-0.1, -0.05) is 0 Å². The molecule has 0 saturated carbocycles. The number of hydrogen-bond donors (Lipinski definition) is 2. The molecule has 0 amide bonds. The lowest BCUT2D eigenvalue weighted by atomic mass is 10.2. The van der Waals surface area contributed by atoms with Crippen molar-refractivity contribution in [2.24, 2.45) is 5.10 Å². The van der Waals surface area contributed by atoms with E-state index in [1.54, 1.807) is 24.4 Å². The van der Waals surface area contributed by atoms with Crippen molar-refractivity contribution < 1.29 is 19.4 Å². The molecule has 2 aromatic rings. The summed E-state index contributed by atoms with van der Waals surface area (Å²) in [6.07, 6.45) is 1.60. The van der Waals surface area contributed by atoms with Gasteiger partial charge in [0.2, 0.25) is 0 Å². The molecule has 0 radical (unpaired) electrons. The number of ether oxygens (including phenoxy) is 2. The minimum absolute atomic E-state index is 0.0618. The van der Waals surface area contributed by atoms with Crippen LogP contribution in [0.1, 0.15) is 15.9 Å². The third-order valence-electron chi connectivity index (χ3n) is 3.07. The second-order valence-electron chi connectivity index (χ2n) is 4.73. The summed E-state index contributed by atoms with van der Waals surface area (Å²) in [6, 6.07) is 11.7. The summed E-state index contributed by atoms with van der Waals surface area (Å²) in [5, 5.41) is 21.6. The van der Waals surface area contributed by atoms with Crippen molar-refractivity contribution in [1.82, 2.24) is 0 Å². The molecule has 0 fully saturated rings. The Balaban J connectivity index is 2.11. The number of benzene rings is 2. The van der Waals surface area contributed by atoms with Gasteiger partial charge in [-0.25, -0.2) is 4.79 Å². The van der Waals surface area contributed by atoms with Crippen LogP contribution in [0, 0.1) is 14.9 Å². The molecule has 0 aromatic heterocycles. The molecule has 7 nitrogen and oxygen atoms in total. The Morgan fingerprint density at radius 3 is 2.72 bits per heavy atom. The van der Waals surface area contributed by atoms with Crippen LogP contribution >= 0.6 is 22.6 Å². The van der Waals surface area contributed by atoms with Crippen molar-refractivity contribution in [3.8, 4) is 17.6 Å². The van der Waals surface area contributed by atoms with Crippen molar-refractivity contribution in [2.45, 2.75) is 0 Å². The Labute approximate surface area is 158 Å². The van der Waals surface area contributed by atoms with Gasteiger partial charge in [0.1, 0.15) is 6.07 Å². The van der Waals surface area contributed by atoms with Crippen LogP contribution in [-0.4, -0.2) is 31.0 Å². The number of carboxylic acids is 1. The molecule has 0 heterocycles. The van der Waals surface area contributed by atoms with E-state index in [4.69, 9.17) is 19.8 Å². The standard InChI is InChI=1S/C17H14IN3O4/c1-24-15-9-11(8-14(18)16(15)25-7-6-19)10-20-21-13-4-2-12(3-5-13)17(22)23/h2-5,8-10,21H,7H2,1H3,(H,22,23)/b20-10+. The summed E-state index contributed by atoms with van der Waals surface area (Å²) in [6.45, 7) is -0.0618. The van der Waals surface area contributed by atoms with Gasteiger partial charge in [-0.15, -0.1) is 0 Å². The van der Waals surface area contributed by atoms with Crippen LogP contribution < -0.4 is 14.9 Å². The third-order valence-corrected chi connectivity index (χ3v) is 3.87. The number of nitrogens with zero attached hydrogens (tertiary/aromatic N) is 2. The lowest BCUT2D eigenvalue weighted by Crippen LogP contribution is -2.00. The largest absolute Gasteiger partial charge is 0.493 e. The van der Waals surface area contributed by atoms with Gasteiger partial charge < -0.3 is 14.6 Å². The first-order chi connectivity index (χ1) is 12.0. The molecular weight excluding hydrogens is 437 g/mol. The van der Waals surface area contributed by atoms with Crippen LogP contribution in [-0.2, 0) is 0 Å². The van der Waals surface area contributed by atoms with Gasteiger partial charge in [0.15, 0.2) is 18.1 Å². The third kappa shape index (κ3) is 5.09. The quantitative estimate of drug-likeness (QED) is 0.380. The molecule has 0 aliphatic carbocycles. The Kier molecular flexibility index (Phi) is 6.59. The zero-order chi connectivity index (χ0) is 18.2. The van der Waals surface area contributed by atoms with E-state index < -0.39 is 5.97 Å². The van der Waals surface area contributed by atoms with E-state index in [2.05, 4.69) is 33.1 Å². The van der Waals surface area contributed by atoms with Gasteiger partial charge in [0.05, 0.1) is 28.1 Å². The van der Waals surface area contributed by atoms with E-state index in [1.807, 2.05) is 12.1 Å². The number of anilines is 1. The minimum atomic E-state index is -0.976. The number of hydrogen-bond acceptors (Lipinski definition) is 6. The van der Waals surface area contributed by atoms with Crippen molar-refractivity contribution in [3.05, 3.63) is 51.1 Å². The van der Waals surface area contributed by atoms with Crippen molar-refractivity contribution in [2.75, 3.05) is 19.1 Å². The normalized spacial score (nSPS) is 10.3. The molecular formula is C17H14IN3O4. The maximum Gasteiger partial charge on any atom is 0.335 e. The number of carbonyl (C=O) groups is 1. The maximum atomic E-state index is 10.8. The first-order valence-electron chi connectivity index (χ1n) is 7.05. The SMILES string of the molecule is COc1cc(/C=N/Nc2ccc(C(=O)O)cc2)cc(I)c1OCC#N. The Morgan fingerprint density at radius 1 is 1.40 bits per heavy atom. The highest BCUT2D eigenvalue weighted by Crippen LogP contribution is 2.33. The lowest BCUT2D eigenvalue weighted by molar-refractivity contribution is 0.0697. The molecule has 2 N–H and O–H groups in total. The molecule has 0 saturated heterocycles. The smallest absolute Gasteiger partial charge is 0.335 e. The van der Waals surface area contributed by atoms with Gasteiger partial charge in [-0.3, -0.25) is 5.43 Å². The Hall–Kier alpha value is -2.80. The number of aromatic carboxylic acids is 1. The first-order valence-corrected chi connectivity index (χ1v) is 8.12. The molecule has 0 spiro atoms. The fraction of sp³-hybridized carbons (Fsp3) is 0.118. The molecule has 0 unspecified atom stereocenters. The number of hydrazone groups is 1. The van der Waals surface area contributed by atoms with Crippen molar-refractivity contribution in [1.29, 1.82) is 5.26 Å². The highest BCUT2D eigenvalue weighted by Gasteiger charge is 2.11. The molecule has 25 heavy (non-hydrogen) atoms. The highest BCUT2D eigenvalue weighted by atomic mass is 127. The van der Waals surface area contributed by atoms with E-state index in [9.17, 15) is 4.79 Å². The summed E-state index contributed by atoms with van der Waals surface area (Å²) in [5.74, 6) is 0.0452. The number of halogens is 1. The van der Waals surface area contributed by atoms with Crippen LogP contribution in [0.25, 0.3) is 0 Å². The van der Waals surface area contributed by atoms with E-state index >= 15 is 0 Å². The van der Waals surface area contributed by atoms with E-state index in [0.29, 0.717) is 17.2 Å². The van der Waals surface area contributed by atoms with Gasteiger partial charge in [-0.2, -0.15) is 10.4 Å². The second kappa shape index (κ2) is 8.89. The van der Waals surface area contributed by atoms with Gasteiger partial charge in [0, 0.05) is 0 Å². The predicted octanol–water partition coefficient (Wildman–Crippen LogP) is 3.35. The zero-order valence-corrected chi connectivity index (χ0v) is 15.4. The number of methoxy groups -OCH3 is 1. The monoisotopic (exact) mass is 451 g/mol. The van der Waals surface area contributed by atoms with Crippen LogP contribution in [0.15, 0.2) is 41.5 Å². The van der Waals surface area contributed by atoms with Crippen molar-refractivity contribution >= 4 is 40.5 Å². The number of rotatable bonds is 7. The van der Waals surface area contributed by atoms with Crippen LogP contribution in [0.5, 0.6) is 11.5 Å². The Bertz CT molecular complexity index is 829. The number of nitriles is 1. The van der Waals surface area contributed by atoms with E-state index in [0.717, 1.165) is 9.13 Å². The summed E-state index contributed by atoms with van der Waals surface area (Å²) < 4.78 is 11.4. The first kappa shape index (κ1) is 18.5. The fourth-order valence-electron chi connectivity index (χ4n) is 1.93. The molecule has 8 heteroatoms. The van der Waals surface area contributed by atoms with Crippen LogP contribution in [0.4, 0.5) is 5.69 Å². The van der Waals surface area contributed by atoms with E-state index in [1.165, 1.54) is 19.2 Å². The average Bonchev–Trinajstić information content (AvgIpc) is 2.61. The van der Waals surface area contributed by atoms with Gasteiger partial charge in [0.25, 0.3) is 0 Å². The number of nitrogens with one attached hydrogen (secondary N) is 1. The molecule has 2 rings (SSSR count). The highest BCUT2D eigenvalue weighted by molar-refractivity contribution is 14.1. The summed E-state index contributed by atoms with van der Waals surface area (Å²) >= 11 is 2.10. The van der Waals surface area contributed by atoms with Gasteiger partial charge >= 0.3 is 5.97 Å². The predicted molar refractivity (Wildman–Crippen MR) is 101 cm³/mol. The van der Waals surface area contributed by atoms with Gasteiger partial charge in [-0.05, 0) is 64.6 Å². The Morgan fingerprint density at radius 2 is 2.12 bits per heavy atom. The average molecular weight is 451 g/mol. The molecule has 2 aromatic carbocycles. The molecule has 0 aliphatic heterocycles. The number of carboxylic acid groups (broad SMARTS) is 1. The maximum absolute atomic E-state index is 10.8.